The summed E-state index contributed by atoms with van der Waals surface area (Å²) in [6.45, 7) is 0. The van der Waals surface area contributed by atoms with E-state index in [-0.39, 0.29) is 0 Å². The van der Waals surface area contributed by atoms with Gasteiger partial charge < -0.3 is 0 Å². The Morgan fingerprint density at radius 3 is 3.20 bits per heavy atom. The molecule has 2 aromatic heterocycles. The van der Waals surface area contributed by atoms with E-state index in [4.69, 9.17) is 0 Å². The molecule has 1 radical (unpaired) electrons. The molecule has 2 aromatic rings. The van der Waals surface area contributed by atoms with Crippen molar-refractivity contribution in [1.29, 1.82) is 0 Å². The number of pyridine rings is 1. The molecule has 0 saturated heterocycles. The lowest BCUT2D eigenvalue weighted by atomic mass is 10.4. The van der Waals surface area contributed by atoms with Gasteiger partial charge in [0.25, 0.3) is 0 Å². The average molecular weight is 131 g/mol. The van der Waals surface area contributed by atoms with E-state index in [2.05, 4.69) is 26.2 Å². The molecule has 0 atom stereocenters. The monoisotopic (exact) mass is 131 g/mol. The summed E-state index contributed by atoms with van der Waals surface area (Å²) in [5, 5.41) is 7.30. The minimum Gasteiger partial charge on any atom is -0.234 e. The van der Waals surface area contributed by atoms with Gasteiger partial charge in [0, 0.05) is 12.3 Å². The van der Waals surface area contributed by atoms with E-state index in [0.29, 0.717) is 11.2 Å². The van der Waals surface area contributed by atoms with Gasteiger partial charge in [-0.15, -0.1) is 10.2 Å². The van der Waals surface area contributed by atoms with Gasteiger partial charge in [-0.05, 0) is 6.07 Å². The third-order valence-corrected chi connectivity index (χ3v) is 1.09. The molecule has 10 heavy (non-hydrogen) atoms. The third-order valence-electron chi connectivity index (χ3n) is 1.09. The minimum atomic E-state index is 0.532. The molecule has 47 valence electrons. The lowest BCUT2D eigenvalue weighted by Gasteiger charge is -1.87. The molecule has 0 unspecified atom stereocenters. The van der Waals surface area contributed by atoms with Crippen molar-refractivity contribution in [2.24, 2.45) is 0 Å². The molecule has 0 saturated carbocycles. The van der Waals surface area contributed by atoms with Gasteiger partial charge in [0.2, 0.25) is 5.65 Å². The van der Waals surface area contributed by atoms with Crippen LogP contribution in [0.2, 0.25) is 0 Å². The van der Waals surface area contributed by atoms with Crippen molar-refractivity contribution >= 4 is 11.2 Å². The van der Waals surface area contributed by atoms with Crippen LogP contribution < -0.4 is 0 Å². The Labute approximate surface area is 57.0 Å². The largest absolute Gasteiger partial charge is 0.234 e. The van der Waals surface area contributed by atoms with Crippen molar-refractivity contribution in [2.45, 2.75) is 0 Å². The van der Waals surface area contributed by atoms with E-state index in [1.165, 1.54) is 6.33 Å². The van der Waals surface area contributed by atoms with Crippen LogP contribution in [0.5, 0.6) is 0 Å². The summed E-state index contributed by atoms with van der Waals surface area (Å²) in [5.41, 5.74) is 1.18. The zero-order valence-corrected chi connectivity index (χ0v) is 5.02. The molecule has 0 aliphatic rings. The fourth-order valence-electron chi connectivity index (χ4n) is 0.682. The van der Waals surface area contributed by atoms with Crippen molar-refractivity contribution in [3.8, 4) is 0 Å². The Hall–Kier alpha value is -1.58. The first-order valence-corrected chi connectivity index (χ1v) is 2.77. The number of hydrogen-bond donors (Lipinski definition) is 0. The molecule has 0 aliphatic carbocycles. The highest BCUT2D eigenvalue weighted by molar-refractivity contribution is 5.66. The summed E-state index contributed by atoms with van der Waals surface area (Å²) in [7, 11) is 0. The number of aromatic nitrogens is 4. The second-order valence-electron chi connectivity index (χ2n) is 1.72. The molecule has 2 heterocycles. The van der Waals surface area contributed by atoms with Gasteiger partial charge >= 0.3 is 0 Å². The average Bonchev–Trinajstić information content (AvgIpc) is 2.05. The molecule has 0 N–H and O–H groups in total. The summed E-state index contributed by atoms with van der Waals surface area (Å²) in [5.74, 6) is 0. The van der Waals surface area contributed by atoms with Crippen LogP contribution in [0, 0.1) is 6.07 Å². The Balaban J connectivity index is 2.89. The van der Waals surface area contributed by atoms with Crippen LogP contribution in [0.4, 0.5) is 0 Å². The van der Waals surface area contributed by atoms with Crippen LogP contribution in [0.1, 0.15) is 0 Å². The lowest BCUT2D eigenvalue weighted by Crippen LogP contribution is -1.87. The van der Waals surface area contributed by atoms with Gasteiger partial charge in [0.05, 0.1) is 0 Å². The summed E-state index contributed by atoms with van der Waals surface area (Å²) >= 11 is 0. The first-order valence-electron chi connectivity index (χ1n) is 2.77. The predicted octanol–water partition coefficient (Wildman–Crippen LogP) is 0.220. The quantitative estimate of drug-likeness (QED) is 0.513. The molecule has 4 heteroatoms. The van der Waals surface area contributed by atoms with E-state index in [1.54, 1.807) is 12.3 Å². The molecular formula is C6H3N4. The van der Waals surface area contributed by atoms with Gasteiger partial charge in [-0.2, -0.15) is 0 Å². The van der Waals surface area contributed by atoms with Crippen molar-refractivity contribution in [3.05, 3.63) is 24.7 Å². The zero-order valence-electron chi connectivity index (χ0n) is 5.02. The van der Waals surface area contributed by atoms with Crippen molar-refractivity contribution in [1.82, 2.24) is 20.2 Å². The number of rotatable bonds is 0. The maximum Gasteiger partial charge on any atom is 0.201 e. The van der Waals surface area contributed by atoms with Gasteiger partial charge in [-0.25, -0.2) is 9.97 Å². The second kappa shape index (κ2) is 1.98. The van der Waals surface area contributed by atoms with Crippen LogP contribution in [0.3, 0.4) is 0 Å². The van der Waals surface area contributed by atoms with Crippen LogP contribution in [0.15, 0.2) is 18.6 Å². The third kappa shape index (κ3) is 0.699. The molecular weight excluding hydrogens is 128 g/mol. The highest BCUT2D eigenvalue weighted by Gasteiger charge is 1.91. The van der Waals surface area contributed by atoms with E-state index >= 15 is 0 Å². The van der Waals surface area contributed by atoms with E-state index in [1.807, 2.05) is 0 Å². The fourth-order valence-corrected chi connectivity index (χ4v) is 0.682. The van der Waals surface area contributed by atoms with E-state index < -0.39 is 0 Å². The van der Waals surface area contributed by atoms with Crippen LogP contribution >= 0.6 is 0 Å². The Kier molecular flexibility index (Phi) is 1.04. The molecule has 2 rings (SSSR count). The summed E-state index contributed by atoms with van der Waals surface area (Å²) in [6, 6.07) is 4.57. The van der Waals surface area contributed by atoms with E-state index in [0.717, 1.165) is 0 Å². The molecule has 0 spiro atoms. The topological polar surface area (TPSA) is 51.6 Å². The number of hydrogen-bond acceptors (Lipinski definition) is 4. The molecule has 0 aromatic carbocycles. The SMILES string of the molecule is [c]1ccnc2nncnc12. The smallest absolute Gasteiger partial charge is 0.201 e. The molecule has 4 nitrogen and oxygen atoms in total. The maximum absolute atomic E-state index is 3.91. The number of nitrogens with zero attached hydrogens (tertiary/aromatic N) is 4. The van der Waals surface area contributed by atoms with Gasteiger partial charge in [0.1, 0.15) is 11.8 Å². The second-order valence-corrected chi connectivity index (χ2v) is 1.72. The Morgan fingerprint density at radius 2 is 2.30 bits per heavy atom. The molecule has 0 amide bonds. The Bertz CT molecular complexity index is 281. The minimum absolute atomic E-state index is 0.532. The van der Waals surface area contributed by atoms with Gasteiger partial charge in [-0.1, -0.05) is 0 Å². The Morgan fingerprint density at radius 1 is 1.30 bits per heavy atom. The van der Waals surface area contributed by atoms with Crippen molar-refractivity contribution in [2.75, 3.05) is 0 Å². The molecule has 0 fully saturated rings. The highest BCUT2D eigenvalue weighted by atomic mass is 15.2. The van der Waals surface area contributed by atoms with Gasteiger partial charge in [0.15, 0.2) is 0 Å². The molecule has 0 aliphatic heterocycles. The predicted molar refractivity (Wildman–Crippen MR) is 34.0 cm³/mol. The fraction of sp³-hybridized carbons (Fsp3) is 0. The highest BCUT2D eigenvalue weighted by Crippen LogP contribution is 1.98. The normalized spacial score (nSPS) is 10.0. The standard InChI is InChI=1S/C6H3N4/c1-2-5-6(7-3-1)10-9-4-8-5/h1,3-4H. The summed E-state index contributed by atoms with van der Waals surface area (Å²) < 4.78 is 0. The first kappa shape index (κ1) is 5.22. The van der Waals surface area contributed by atoms with Crippen LogP contribution in [-0.4, -0.2) is 20.2 Å². The zero-order chi connectivity index (χ0) is 6.81. The maximum atomic E-state index is 3.91. The van der Waals surface area contributed by atoms with Crippen molar-refractivity contribution in [3.63, 3.8) is 0 Å². The lowest BCUT2D eigenvalue weighted by molar-refractivity contribution is 1.00. The van der Waals surface area contributed by atoms with Gasteiger partial charge in [-0.3, -0.25) is 0 Å². The van der Waals surface area contributed by atoms with E-state index in [9.17, 15) is 0 Å². The first-order chi connectivity index (χ1) is 4.97. The summed E-state index contributed by atoms with van der Waals surface area (Å²) in [4.78, 5) is 7.80. The van der Waals surface area contributed by atoms with Crippen molar-refractivity contribution < 1.29 is 0 Å². The summed E-state index contributed by atoms with van der Waals surface area (Å²) in [6.07, 6.45) is 2.99. The van der Waals surface area contributed by atoms with Crippen LogP contribution in [0.25, 0.3) is 11.2 Å². The number of fused-ring (bicyclic) bond motifs is 1. The molecule has 0 bridgehead atoms. The van der Waals surface area contributed by atoms with Crippen LogP contribution in [-0.2, 0) is 0 Å².